The molecule has 2 aliphatic carbocycles. The maximum atomic E-state index is 13.5. The van der Waals surface area contributed by atoms with Crippen molar-refractivity contribution in [2.24, 2.45) is 22.7 Å². The maximum absolute atomic E-state index is 13.5. The van der Waals surface area contributed by atoms with Crippen LogP contribution in [-0.4, -0.2) is 78.3 Å². The zero-order chi connectivity index (χ0) is 25.9. The van der Waals surface area contributed by atoms with Gasteiger partial charge in [0.1, 0.15) is 11.4 Å². The second kappa shape index (κ2) is 8.64. The average molecular weight is 500 g/mol. The van der Waals surface area contributed by atoms with Crippen LogP contribution in [0.4, 0.5) is 4.79 Å². The van der Waals surface area contributed by atoms with E-state index in [1.807, 2.05) is 37.8 Å². The van der Waals surface area contributed by atoms with Gasteiger partial charge in [0.25, 0.3) is 0 Å². The van der Waals surface area contributed by atoms with Gasteiger partial charge in [0.2, 0.25) is 11.8 Å². The van der Waals surface area contributed by atoms with Gasteiger partial charge in [-0.05, 0) is 63.6 Å². The predicted molar refractivity (Wildman–Crippen MR) is 131 cm³/mol. The number of aliphatic hydroxyl groups excluding tert-OH is 1. The summed E-state index contributed by atoms with van der Waals surface area (Å²) < 4.78 is 10.7. The lowest BCUT2D eigenvalue weighted by Gasteiger charge is -2.50. The minimum absolute atomic E-state index is 0.0754. The molecule has 2 aliphatic heterocycles. The number of hydrogen-bond acceptors (Lipinski definition) is 6. The molecule has 1 spiro atoms. The topological polar surface area (TPSA) is 108 Å². The number of amides is 3. The molecule has 0 aromatic heterocycles. The third-order valence-corrected chi connectivity index (χ3v) is 8.53. The molecule has 2 N–H and O–H groups in total. The van der Waals surface area contributed by atoms with Crippen LogP contribution in [0.25, 0.3) is 0 Å². The van der Waals surface area contributed by atoms with Crippen molar-refractivity contribution >= 4 is 17.9 Å². The van der Waals surface area contributed by atoms with E-state index in [1.165, 1.54) is 0 Å². The lowest BCUT2D eigenvalue weighted by atomic mass is 9.61. The van der Waals surface area contributed by atoms with Crippen molar-refractivity contribution in [3.05, 3.63) is 29.8 Å². The van der Waals surface area contributed by atoms with Crippen molar-refractivity contribution in [1.29, 1.82) is 0 Å². The summed E-state index contributed by atoms with van der Waals surface area (Å²) in [6.45, 7) is 7.49. The van der Waals surface area contributed by atoms with Crippen LogP contribution >= 0.6 is 0 Å². The van der Waals surface area contributed by atoms with Crippen LogP contribution < -0.4 is 10.1 Å². The molecule has 36 heavy (non-hydrogen) atoms. The summed E-state index contributed by atoms with van der Waals surface area (Å²) >= 11 is 0. The first-order valence-corrected chi connectivity index (χ1v) is 12.8. The first-order valence-electron chi connectivity index (χ1n) is 12.8. The molecule has 3 unspecified atom stereocenters. The number of hydrogen-bond donors (Lipinski definition) is 2. The summed E-state index contributed by atoms with van der Waals surface area (Å²) in [4.78, 5) is 42.6. The van der Waals surface area contributed by atoms with E-state index in [0.717, 1.165) is 24.8 Å². The van der Waals surface area contributed by atoms with Gasteiger partial charge < -0.3 is 29.7 Å². The number of methoxy groups -OCH3 is 1. The van der Waals surface area contributed by atoms with Crippen LogP contribution in [0.3, 0.4) is 0 Å². The molecule has 4 fully saturated rings. The number of nitrogens with zero attached hydrogens (tertiary/aromatic N) is 2. The van der Waals surface area contributed by atoms with Gasteiger partial charge in [-0.3, -0.25) is 9.59 Å². The van der Waals surface area contributed by atoms with E-state index in [4.69, 9.17) is 9.47 Å². The molecular formula is C27H37N3O6. The normalized spacial score (nSPS) is 28.5. The third kappa shape index (κ3) is 4.21. The van der Waals surface area contributed by atoms with Gasteiger partial charge in [-0.15, -0.1) is 0 Å². The molecule has 5 rings (SSSR count). The number of aliphatic hydroxyl groups is 1. The SMILES string of the molecule is COc1ccc([C@H](CO)NC(=O)C2CC23CN(C(=O)C24CCC2CN(C(=O)OC(C)(C)C)C4)C3)cc1. The molecule has 2 saturated heterocycles. The Morgan fingerprint density at radius 1 is 1.14 bits per heavy atom. The molecule has 2 heterocycles. The number of likely N-dealkylation sites (tertiary alicyclic amines) is 2. The van der Waals surface area contributed by atoms with Crippen LogP contribution in [-0.2, 0) is 14.3 Å². The molecular weight excluding hydrogens is 462 g/mol. The van der Waals surface area contributed by atoms with Crippen molar-refractivity contribution in [2.75, 3.05) is 39.9 Å². The van der Waals surface area contributed by atoms with E-state index in [0.29, 0.717) is 31.9 Å². The third-order valence-electron chi connectivity index (χ3n) is 8.53. The summed E-state index contributed by atoms with van der Waals surface area (Å²) in [5, 5.41) is 12.8. The van der Waals surface area contributed by atoms with Gasteiger partial charge in [0.05, 0.1) is 25.2 Å². The van der Waals surface area contributed by atoms with Crippen molar-refractivity contribution in [1.82, 2.24) is 15.1 Å². The number of rotatable bonds is 6. The van der Waals surface area contributed by atoms with E-state index in [2.05, 4.69) is 5.32 Å². The molecule has 0 bridgehead atoms. The van der Waals surface area contributed by atoms with E-state index in [-0.39, 0.29) is 41.8 Å². The van der Waals surface area contributed by atoms with Gasteiger partial charge >= 0.3 is 6.09 Å². The van der Waals surface area contributed by atoms with Crippen LogP contribution in [0.1, 0.15) is 51.6 Å². The fraction of sp³-hybridized carbons (Fsp3) is 0.667. The quantitative estimate of drug-likeness (QED) is 0.622. The van der Waals surface area contributed by atoms with Crippen LogP contribution in [0.5, 0.6) is 5.75 Å². The van der Waals surface area contributed by atoms with Crippen molar-refractivity contribution in [2.45, 2.75) is 51.7 Å². The predicted octanol–water partition coefficient (Wildman–Crippen LogP) is 2.34. The Bertz CT molecular complexity index is 1040. The largest absolute Gasteiger partial charge is 0.497 e. The highest BCUT2D eigenvalue weighted by molar-refractivity contribution is 5.89. The molecule has 3 amide bonds. The molecule has 9 heteroatoms. The zero-order valence-electron chi connectivity index (χ0n) is 21.6. The Kier molecular flexibility index (Phi) is 5.97. The lowest BCUT2D eigenvalue weighted by molar-refractivity contribution is -0.159. The smallest absolute Gasteiger partial charge is 0.410 e. The first-order chi connectivity index (χ1) is 17.0. The Hall–Kier alpha value is -2.81. The molecule has 9 nitrogen and oxygen atoms in total. The van der Waals surface area contributed by atoms with Crippen molar-refractivity contribution < 1.29 is 29.0 Å². The number of fused-ring (bicyclic) bond motifs is 1. The average Bonchev–Trinajstić information content (AvgIpc) is 3.50. The summed E-state index contributed by atoms with van der Waals surface area (Å²) in [5.41, 5.74) is -0.401. The second-order valence-corrected chi connectivity index (χ2v) is 12.0. The van der Waals surface area contributed by atoms with Gasteiger partial charge in [-0.25, -0.2) is 4.79 Å². The Morgan fingerprint density at radius 2 is 1.83 bits per heavy atom. The second-order valence-electron chi connectivity index (χ2n) is 12.0. The highest BCUT2D eigenvalue weighted by Gasteiger charge is 2.68. The molecule has 4 atom stereocenters. The number of nitrogens with one attached hydrogen (secondary N) is 1. The lowest BCUT2D eigenvalue weighted by Crippen LogP contribution is -2.61. The number of ether oxygens (including phenoxy) is 2. The Balaban J connectivity index is 1.15. The standard InChI is InChI=1S/C27H37N3O6/c1-25(2,3)36-24(34)29-12-18-9-10-27(18,16-29)23(33)30-14-26(15-30)11-20(26)22(32)28-21(13-31)17-5-7-19(35-4)8-6-17/h5-8,18,20-21,31H,9-16H2,1-4H3,(H,28,32)/t18?,20?,21-,27?/m0/s1. The summed E-state index contributed by atoms with van der Waals surface area (Å²) in [7, 11) is 1.59. The molecule has 2 saturated carbocycles. The minimum Gasteiger partial charge on any atom is -0.497 e. The Labute approximate surface area is 212 Å². The van der Waals surface area contributed by atoms with E-state index in [9.17, 15) is 19.5 Å². The van der Waals surface area contributed by atoms with Gasteiger partial charge in [0, 0.05) is 37.5 Å². The number of carbonyl (C=O) groups excluding carboxylic acids is 3. The zero-order valence-corrected chi connectivity index (χ0v) is 21.6. The highest BCUT2D eigenvalue weighted by Crippen LogP contribution is 2.61. The van der Waals surface area contributed by atoms with Crippen LogP contribution in [0.2, 0.25) is 0 Å². The van der Waals surface area contributed by atoms with Gasteiger partial charge in [0.15, 0.2) is 0 Å². The fourth-order valence-corrected chi connectivity index (χ4v) is 6.24. The maximum Gasteiger partial charge on any atom is 0.410 e. The molecule has 196 valence electrons. The summed E-state index contributed by atoms with van der Waals surface area (Å²) in [5.74, 6) is 0.793. The first kappa shape index (κ1) is 24.9. The van der Waals surface area contributed by atoms with Crippen molar-refractivity contribution in [3.63, 3.8) is 0 Å². The molecule has 4 aliphatic rings. The van der Waals surface area contributed by atoms with E-state index < -0.39 is 17.1 Å². The summed E-state index contributed by atoms with van der Waals surface area (Å²) in [6, 6.07) is 6.80. The number of benzene rings is 1. The monoisotopic (exact) mass is 499 g/mol. The molecule has 1 aromatic carbocycles. The molecule has 0 radical (unpaired) electrons. The van der Waals surface area contributed by atoms with E-state index in [1.54, 1.807) is 24.1 Å². The highest BCUT2D eigenvalue weighted by atomic mass is 16.6. The number of carbonyl (C=O) groups is 3. The van der Waals surface area contributed by atoms with Crippen molar-refractivity contribution in [3.8, 4) is 5.75 Å². The Morgan fingerprint density at radius 3 is 2.39 bits per heavy atom. The minimum atomic E-state index is -0.566. The van der Waals surface area contributed by atoms with Crippen LogP contribution in [0, 0.1) is 22.7 Å². The van der Waals surface area contributed by atoms with Gasteiger partial charge in [-0.1, -0.05) is 12.1 Å². The van der Waals surface area contributed by atoms with E-state index >= 15 is 0 Å². The van der Waals surface area contributed by atoms with Crippen LogP contribution in [0.15, 0.2) is 24.3 Å². The molecule has 1 aromatic rings. The fourth-order valence-electron chi connectivity index (χ4n) is 6.24. The van der Waals surface area contributed by atoms with Gasteiger partial charge in [-0.2, -0.15) is 0 Å². The summed E-state index contributed by atoms with van der Waals surface area (Å²) in [6.07, 6.45) is 2.15.